The van der Waals surface area contributed by atoms with Crippen molar-refractivity contribution >= 4 is 22.9 Å². The van der Waals surface area contributed by atoms with E-state index in [1.807, 2.05) is 37.3 Å². The van der Waals surface area contributed by atoms with Gasteiger partial charge in [-0.2, -0.15) is 0 Å². The van der Waals surface area contributed by atoms with Crippen LogP contribution in [0.15, 0.2) is 77.3 Å². The molecule has 35 heavy (non-hydrogen) atoms. The monoisotopic (exact) mass is 461 g/mol. The van der Waals surface area contributed by atoms with Gasteiger partial charge in [0.05, 0.1) is 26.0 Å². The number of hydrogen-bond acceptors (Lipinski definition) is 7. The zero-order valence-corrected chi connectivity index (χ0v) is 19.0. The van der Waals surface area contributed by atoms with E-state index in [-0.39, 0.29) is 5.75 Å². The number of phenols is 1. The molecule has 0 saturated heterocycles. The quantitative estimate of drug-likeness (QED) is 0.364. The molecule has 0 saturated carbocycles. The van der Waals surface area contributed by atoms with Crippen LogP contribution in [0, 0.1) is 11.8 Å². The summed E-state index contributed by atoms with van der Waals surface area (Å²) < 4.78 is 12.7. The lowest BCUT2D eigenvalue weighted by Crippen LogP contribution is -2.07. The van der Waals surface area contributed by atoms with E-state index in [2.05, 4.69) is 38.3 Å². The Morgan fingerprint density at radius 1 is 1.06 bits per heavy atom. The van der Waals surface area contributed by atoms with Crippen LogP contribution in [0.2, 0.25) is 0 Å². The van der Waals surface area contributed by atoms with E-state index < -0.39 is 0 Å². The number of fused-ring (bicyclic) bond motifs is 1. The Balaban J connectivity index is 1.75. The number of phenolic OH excluding ortho intramolecular Hbond substituents is 1. The Morgan fingerprint density at radius 2 is 1.91 bits per heavy atom. The number of imidazole rings is 1. The summed E-state index contributed by atoms with van der Waals surface area (Å²) in [7, 11) is 1.52. The summed E-state index contributed by atoms with van der Waals surface area (Å²) in [5.41, 5.74) is 8.57. The van der Waals surface area contributed by atoms with Crippen molar-refractivity contribution in [2.24, 2.45) is 4.99 Å². The van der Waals surface area contributed by atoms with Crippen molar-refractivity contribution in [2.75, 3.05) is 13.7 Å². The van der Waals surface area contributed by atoms with E-state index in [1.165, 1.54) is 7.11 Å². The Kier molecular flexibility index (Phi) is 5.85. The highest BCUT2D eigenvalue weighted by Gasteiger charge is 2.24. The smallest absolute Gasteiger partial charge is 0.223 e. The van der Waals surface area contributed by atoms with Crippen molar-refractivity contribution < 1.29 is 14.6 Å². The Bertz CT molecular complexity index is 1630. The average molecular weight is 461 g/mol. The van der Waals surface area contributed by atoms with Crippen LogP contribution in [0.5, 0.6) is 11.5 Å². The van der Waals surface area contributed by atoms with Gasteiger partial charge in [0.1, 0.15) is 22.9 Å². The molecule has 1 N–H and O–H groups in total. The predicted octanol–water partition coefficient (Wildman–Crippen LogP) is 4.03. The van der Waals surface area contributed by atoms with Gasteiger partial charge in [-0.1, -0.05) is 35.9 Å². The lowest BCUT2D eigenvalue weighted by atomic mass is 10.2. The third kappa shape index (κ3) is 4.29. The van der Waals surface area contributed by atoms with E-state index in [0.29, 0.717) is 52.5 Å². The molecule has 1 aliphatic rings. The van der Waals surface area contributed by atoms with Crippen LogP contribution in [0.25, 0.3) is 22.7 Å². The summed E-state index contributed by atoms with van der Waals surface area (Å²) in [6.07, 6.45) is 3.15. The second-order valence-electron chi connectivity index (χ2n) is 7.26. The molecule has 0 unspecified atom stereocenters. The van der Waals surface area contributed by atoms with E-state index in [4.69, 9.17) is 14.5 Å². The van der Waals surface area contributed by atoms with E-state index in [0.717, 1.165) is 5.56 Å². The molecule has 0 fully saturated rings. The van der Waals surface area contributed by atoms with Crippen molar-refractivity contribution in [1.29, 1.82) is 0 Å². The zero-order valence-electron chi connectivity index (χ0n) is 19.0. The van der Waals surface area contributed by atoms with Crippen molar-refractivity contribution in [2.45, 2.75) is 6.92 Å². The highest BCUT2D eigenvalue weighted by molar-refractivity contribution is 5.94. The van der Waals surface area contributed by atoms with Crippen LogP contribution in [0.4, 0.5) is 0 Å². The molecule has 0 atom stereocenters. The maximum absolute atomic E-state index is 10.8. The van der Waals surface area contributed by atoms with Gasteiger partial charge in [0.2, 0.25) is 5.90 Å². The van der Waals surface area contributed by atoms with Gasteiger partial charge in [-0.3, -0.25) is 4.57 Å². The first-order valence-electron chi connectivity index (χ1n) is 10.8. The lowest BCUT2D eigenvalue weighted by molar-refractivity contribution is 0.330. The van der Waals surface area contributed by atoms with Gasteiger partial charge in [0.25, 0.3) is 0 Å². The fourth-order valence-corrected chi connectivity index (χ4v) is 3.51. The van der Waals surface area contributed by atoms with Gasteiger partial charge >= 0.3 is 0 Å². The molecule has 5 rings (SSSR count). The van der Waals surface area contributed by atoms with Crippen molar-refractivity contribution in [3.63, 3.8) is 0 Å². The second kappa shape index (κ2) is 9.42. The number of aromatic nitrogens is 4. The van der Waals surface area contributed by atoms with Gasteiger partial charge < -0.3 is 14.6 Å². The number of rotatable bonds is 4. The minimum absolute atomic E-state index is 0.0302. The van der Waals surface area contributed by atoms with Crippen molar-refractivity contribution in [3.05, 3.63) is 89.3 Å². The minimum Gasteiger partial charge on any atom is -0.506 e. The number of aliphatic imine (C=N–C) groups is 1. The first kappa shape index (κ1) is 21.7. The fraction of sp³-hybridized carbons (Fsp3) is 0.111. The summed E-state index contributed by atoms with van der Waals surface area (Å²) in [6.45, 7) is 2.31. The molecular formula is C27H19N5O3. The van der Waals surface area contributed by atoms with Crippen LogP contribution in [-0.4, -0.2) is 44.2 Å². The Hall–Kier alpha value is -5.08. The molecule has 0 aliphatic carbocycles. The molecule has 0 amide bonds. The maximum Gasteiger partial charge on any atom is 0.223 e. The molecule has 4 aromatic rings. The zero-order chi connectivity index (χ0) is 24.2. The molecule has 3 heterocycles. The number of aromatic hydroxyl groups is 1. The van der Waals surface area contributed by atoms with E-state index in [9.17, 15) is 5.11 Å². The van der Waals surface area contributed by atoms with Gasteiger partial charge in [-0.05, 0) is 42.8 Å². The normalized spacial score (nSPS) is 12.1. The Morgan fingerprint density at radius 3 is 2.71 bits per heavy atom. The molecule has 1 aliphatic heterocycles. The minimum atomic E-state index is -0.0302. The molecule has 170 valence electrons. The molecular weight excluding hydrogens is 442 g/mol. The number of methoxy groups -OCH3 is 1. The molecule has 0 radical (unpaired) electrons. The average Bonchev–Trinajstić information content (AvgIpc) is 3.26. The van der Waals surface area contributed by atoms with Crippen molar-refractivity contribution in [3.8, 4) is 29.0 Å². The number of benzene rings is 2. The third-order valence-electron chi connectivity index (χ3n) is 5.01. The predicted molar refractivity (Wildman–Crippen MR) is 131 cm³/mol. The van der Waals surface area contributed by atoms with Gasteiger partial charge in [-0.15, -0.1) is 0 Å². The largest absolute Gasteiger partial charge is 0.506 e. The number of nitrogens with zero attached hydrogens (tertiary/aromatic N) is 5. The van der Waals surface area contributed by atoms with Crippen LogP contribution < -0.4 is 4.74 Å². The molecule has 0 bridgehead atoms. The van der Waals surface area contributed by atoms with Crippen LogP contribution in [-0.2, 0) is 4.74 Å². The summed E-state index contributed by atoms with van der Waals surface area (Å²) in [5.74, 6) is 7.22. The molecule has 0 spiro atoms. The molecule has 2 aromatic heterocycles. The van der Waals surface area contributed by atoms with Crippen LogP contribution in [0.3, 0.4) is 0 Å². The second-order valence-corrected chi connectivity index (χ2v) is 7.26. The number of ether oxygens (including phenoxy) is 2. The SMILES string of the molecule is CCOC1=NC(c2nc3ncc(C#Cc4ccccc4)nc3n2-c2c(O)cccc2OC)=C=C=C1. The van der Waals surface area contributed by atoms with Crippen LogP contribution in [0.1, 0.15) is 24.0 Å². The highest BCUT2D eigenvalue weighted by atomic mass is 16.5. The summed E-state index contributed by atoms with van der Waals surface area (Å²) in [5, 5.41) is 10.8. The van der Waals surface area contributed by atoms with Crippen LogP contribution >= 0.6 is 0 Å². The Labute approximate surface area is 201 Å². The number of para-hydroxylation sites is 1. The molecule has 8 nitrogen and oxygen atoms in total. The first-order chi connectivity index (χ1) is 17.2. The van der Waals surface area contributed by atoms with Crippen molar-refractivity contribution in [1.82, 2.24) is 19.5 Å². The molecule has 2 aromatic carbocycles. The molecule has 8 heteroatoms. The lowest BCUT2D eigenvalue weighted by Gasteiger charge is -2.14. The van der Waals surface area contributed by atoms with Gasteiger partial charge in [0.15, 0.2) is 22.8 Å². The summed E-state index contributed by atoms with van der Waals surface area (Å²) >= 11 is 0. The maximum atomic E-state index is 10.8. The number of hydrogen-bond donors (Lipinski definition) is 1. The standard InChI is InChI=1S/C27H19N5O3/c1-3-35-23-14-7-11-20(30-23)26-31-25-27(32(26)24-21(33)12-8-13-22(24)34-2)29-19(17-28-25)16-15-18-9-5-4-6-10-18/h4-6,8-10,12-14,17,33H,3H2,1-2H3. The summed E-state index contributed by atoms with van der Waals surface area (Å²) in [6, 6.07) is 14.6. The topological polar surface area (TPSA) is 94.7 Å². The third-order valence-corrected chi connectivity index (χ3v) is 5.01. The van der Waals surface area contributed by atoms with Gasteiger partial charge in [-0.25, -0.2) is 19.9 Å². The first-order valence-corrected chi connectivity index (χ1v) is 10.8. The highest BCUT2D eigenvalue weighted by Crippen LogP contribution is 2.36. The fourth-order valence-electron chi connectivity index (χ4n) is 3.51. The summed E-state index contributed by atoms with van der Waals surface area (Å²) in [4.78, 5) is 18.3. The van der Waals surface area contributed by atoms with E-state index in [1.54, 1.807) is 35.0 Å². The van der Waals surface area contributed by atoms with Gasteiger partial charge in [0, 0.05) is 5.56 Å². The van der Waals surface area contributed by atoms with E-state index >= 15 is 0 Å².